The molecule has 16 heteroatoms. The van der Waals surface area contributed by atoms with Crippen molar-refractivity contribution >= 4 is 52.1 Å². The number of imidazole rings is 1. The van der Waals surface area contributed by atoms with E-state index in [-0.39, 0.29) is 22.1 Å². The highest BCUT2D eigenvalue weighted by molar-refractivity contribution is 6.31. The van der Waals surface area contributed by atoms with Gasteiger partial charge in [-0.3, -0.25) is 14.6 Å². The second kappa shape index (κ2) is 11.9. The van der Waals surface area contributed by atoms with Crippen molar-refractivity contribution in [2.75, 3.05) is 15.4 Å². The van der Waals surface area contributed by atoms with Crippen molar-refractivity contribution in [3.63, 3.8) is 0 Å². The van der Waals surface area contributed by atoms with Crippen molar-refractivity contribution in [3.05, 3.63) is 65.7 Å². The number of amides is 3. The fraction of sp³-hybridized carbons (Fsp3) is 0.321. The molecule has 2 N–H and O–H groups in total. The van der Waals surface area contributed by atoms with Crippen LogP contribution in [0.4, 0.5) is 40.0 Å². The van der Waals surface area contributed by atoms with E-state index in [1.165, 1.54) is 24.8 Å². The first-order chi connectivity index (χ1) is 20.3. The van der Waals surface area contributed by atoms with Crippen LogP contribution >= 0.6 is 11.6 Å². The molecule has 0 atom stereocenters. The standard InChI is InChI=1S/C28H29ClF3N7O5/c1-26(2,3)43-25(41)39(44-27(4,5)6)23-21-22(33-14-34-23)37(15-35-21)17-9-7-16(8-10-17)36-24(40)38(42)18-11-12-20(29)19(13-18)28(30,31)32/h7-15,42H,1-6H3,(H,36,40). The fourth-order valence-corrected chi connectivity index (χ4v) is 3.99. The molecule has 2 heterocycles. The van der Waals surface area contributed by atoms with Crippen molar-refractivity contribution in [3.8, 4) is 5.69 Å². The number of hydrogen-bond acceptors (Lipinski definition) is 8. The Balaban J connectivity index is 1.58. The topological polar surface area (TPSA) is 135 Å². The molecule has 0 saturated heterocycles. The van der Waals surface area contributed by atoms with Gasteiger partial charge in [0.15, 0.2) is 17.0 Å². The second-order valence-corrected chi connectivity index (χ2v) is 11.8. The first-order valence-electron chi connectivity index (χ1n) is 13.0. The maximum atomic E-state index is 13.2. The number of aromatic nitrogens is 4. The molecule has 0 aliphatic heterocycles. The van der Waals surface area contributed by atoms with Crippen LogP contribution in [0.5, 0.6) is 0 Å². The number of fused-ring (bicyclic) bond motifs is 1. The van der Waals surface area contributed by atoms with E-state index in [9.17, 15) is 28.0 Å². The number of nitrogens with one attached hydrogen (secondary N) is 1. The molecule has 0 saturated carbocycles. The molecule has 4 rings (SSSR count). The van der Waals surface area contributed by atoms with Gasteiger partial charge in [-0.2, -0.15) is 18.2 Å². The largest absolute Gasteiger partial charge is 0.442 e. The van der Waals surface area contributed by atoms with Crippen LogP contribution in [0.3, 0.4) is 0 Å². The number of ether oxygens (including phenoxy) is 1. The second-order valence-electron chi connectivity index (χ2n) is 11.4. The molecule has 4 aromatic rings. The lowest BCUT2D eigenvalue weighted by molar-refractivity contribution is -0.137. The molecule has 2 aromatic carbocycles. The molecule has 234 valence electrons. The van der Waals surface area contributed by atoms with Gasteiger partial charge in [-0.05, 0) is 84.0 Å². The Morgan fingerprint density at radius 1 is 0.955 bits per heavy atom. The molecule has 12 nitrogen and oxygen atoms in total. The van der Waals surface area contributed by atoms with Gasteiger partial charge in [0, 0.05) is 11.4 Å². The average Bonchev–Trinajstić information content (AvgIpc) is 3.34. The predicted molar refractivity (Wildman–Crippen MR) is 156 cm³/mol. The van der Waals surface area contributed by atoms with Gasteiger partial charge in [0.1, 0.15) is 18.3 Å². The summed E-state index contributed by atoms with van der Waals surface area (Å²) in [6, 6.07) is 7.63. The molecule has 0 aliphatic carbocycles. The van der Waals surface area contributed by atoms with Gasteiger partial charge in [-0.15, -0.1) is 5.06 Å². The molecular formula is C28H29ClF3N7O5. The van der Waals surface area contributed by atoms with Crippen molar-refractivity contribution in [1.82, 2.24) is 19.5 Å². The van der Waals surface area contributed by atoms with Crippen molar-refractivity contribution in [2.24, 2.45) is 0 Å². The zero-order valence-electron chi connectivity index (χ0n) is 24.5. The van der Waals surface area contributed by atoms with E-state index in [1.54, 1.807) is 58.2 Å². The van der Waals surface area contributed by atoms with Crippen LogP contribution in [0, 0.1) is 0 Å². The Labute approximate surface area is 254 Å². The Hall–Kier alpha value is -4.47. The number of rotatable bonds is 5. The van der Waals surface area contributed by atoms with Gasteiger partial charge in [-0.1, -0.05) is 11.6 Å². The van der Waals surface area contributed by atoms with Crippen LogP contribution < -0.4 is 15.4 Å². The lowest BCUT2D eigenvalue weighted by Gasteiger charge is -2.30. The molecule has 0 fully saturated rings. The number of nitrogens with zero attached hydrogens (tertiary/aromatic N) is 6. The summed E-state index contributed by atoms with van der Waals surface area (Å²) in [7, 11) is 0. The molecule has 0 radical (unpaired) electrons. The maximum Gasteiger partial charge on any atom is 0.440 e. The van der Waals surface area contributed by atoms with E-state index in [0.717, 1.165) is 17.2 Å². The zero-order chi connectivity index (χ0) is 32.6. The quantitative estimate of drug-likeness (QED) is 0.171. The summed E-state index contributed by atoms with van der Waals surface area (Å²) in [6.45, 7) is 10.4. The predicted octanol–water partition coefficient (Wildman–Crippen LogP) is 7.39. The lowest BCUT2D eigenvalue weighted by atomic mass is 10.2. The van der Waals surface area contributed by atoms with E-state index in [2.05, 4.69) is 20.3 Å². The van der Waals surface area contributed by atoms with Crippen LogP contribution in [-0.4, -0.2) is 48.1 Å². The smallest absolute Gasteiger partial charge is 0.440 e. The van der Waals surface area contributed by atoms with Gasteiger partial charge >= 0.3 is 18.3 Å². The number of carbonyl (C=O) groups excluding carboxylic acids is 2. The summed E-state index contributed by atoms with van der Waals surface area (Å²) in [6.07, 6.45) is -2.88. The van der Waals surface area contributed by atoms with Crippen LogP contribution in [-0.2, 0) is 15.8 Å². The number of anilines is 3. The highest BCUT2D eigenvalue weighted by Crippen LogP contribution is 2.37. The first-order valence-corrected chi connectivity index (χ1v) is 13.4. The van der Waals surface area contributed by atoms with Crippen LogP contribution in [0.15, 0.2) is 55.1 Å². The molecule has 0 spiro atoms. The van der Waals surface area contributed by atoms with Gasteiger partial charge < -0.3 is 10.1 Å². The summed E-state index contributed by atoms with van der Waals surface area (Å²) in [4.78, 5) is 44.4. The Kier molecular flexibility index (Phi) is 8.77. The van der Waals surface area contributed by atoms with E-state index in [4.69, 9.17) is 21.2 Å². The monoisotopic (exact) mass is 635 g/mol. The summed E-state index contributed by atoms with van der Waals surface area (Å²) >= 11 is 5.61. The minimum absolute atomic E-state index is 0.0391. The minimum Gasteiger partial charge on any atom is -0.442 e. The maximum absolute atomic E-state index is 13.2. The SMILES string of the molecule is CC(C)(C)OC(=O)N(OC(C)(C)C)c1ncnc2c1ncn2-c1ccc(NC(=O)N(O)c2ccc(Cl)c(C(F)(F)F)c2)cc1. The number of benzene rings is 2. The molecule has 2 aromatic heterocycles. The van der Waals surface area contributed by atoms with Crippen LogP contribution in [0.1, 0.15) is 47.1 Å². The summed E-state index contributed by atoms with van der Waals surface area (Å²) in [5.74, 6) is 0.0562. The molecule has 3 amide bonds. The Morgan fingerprint density at radius 3 is 2.20 bits per heavy atom. The van der Waals surface area contributed by atoms with Crippen LogP contribution in [0.25, 0.3) is 16.9 Å². The molecule has 44 heavy (non-hydrogen) atoms. The number of hydrogen-bond donors (Lipinski definition) is 2. The van der Waals surface area contributed by atoms with E-state index in [1.807, 2.05) is 0 Å². The molecular weight excluding hydrogens is 607 g/mol. The van der Waals surface area contributed by atoms with Gasteiger partial charge in [0.2, 0.25) is 0 Å². The Bertz CT molecular complexity index is 1680. The fourth-order valence-electron chi connectivity index (χ4n) is 3.77. The molecule has 0 unspecified atom stereocenters. The van der Waals surface area contributed by atoms with Crippen molar-refractivity contribution in [2.45, 2.75) is 58.9 Å². The van der Waals surface area contributed by atoms with E-state index in [0.29, 0.717) is 17.4 Å². The number of alkyl halides is 3. The number of hydroxylamine groups is 2. The van der Waals surface area contributed by atoms with Crippen molar-refractivity contribution in [1.29, 1.82) is 0 Å². The third-order valence-electron chi connectivity index (χ3n) is 5.52. The van der Waals surface area contributed by atoms with Crippen LogP contribution in [0.2, 0.25) is 5.02 Å². The van der Waals surface area contributed by atoms with Gasteiger partial charge in [0.25, 0.3) is 0 Å². The minimum atomic E-state index is -4.78. The van der Waals surface area contributed by atoms with E-state index < -0.39 is 45.8 Å². The first kappa shape index (κ1) is 32.4. The summed E-state index contributed by atoms with van der Waals surface area (Å²) in [5.41, 5.74) is -1.93. The number of halogens is 4. The molecule has 0 aliphatic rings. The third kappa shape index (κ3) is 7.53. The normalized spacial score (nSPS) is 12.2. The zero-order valence-corrected chi connectivity index (χ0v) is 25.2. The highest BCUT2D eigenvalue weighted by atomic mass is 35.5. The Morgan fingerprint density at radius 2 is 1.61 bits per heavy atom. The third-order valence-corrected chi connectivity index (χ3v) is 5.85. The van der Waals surface area contributed by atoms with Gasteiger partial charge in [-0.25, -0.2) is 24.5 Å². The van der Waals surface area contributed by atoms with E-state index >= 15 is 0 Å². The number of urea groups is 1. The summed E-state index contributed by atoms with van der Waals surface area (Å²) in [5, 5.41) is 13.0. The lowest BCUT2D eigenvalue weighted by Crippen LogP contribution is -2.42. The average molecular weight is 636 g/mol. The van der Waals surface area contributed by atoms with Gasteiger partial charge in [0.05, 0.1) is 21.9 Å². The number of carbonyl (C=O) groups is 2. The highest BCUT2D eigenvalue weighted by Gasteiger charge is 2.34. The molecule has 0 bridgehead atoms. The summed E-state index contributed by atoms with van der Waals surface area (Å²) < 4.78 is 46.7. The van der Waals surface area contributed by atoms with Crippen molar-refractivity contribution < 1.29 is 37.5 Å².